The molecule has 4 rings (SSSR count). The molecule has 0 bridgehead atoms. The molecule has 4 heterocycles. The first kappa shape index (κ1) is 24.7. The standard InChI is InChI=1S/C24H39N7O3/c1-4-6-10-31-22-21(23(33)26-24(31)34)29(5-2)19(25-22)16-27-12-14-28(15-13-27)17-20(32)30-11-8-7-9-18(30)3/h18H,4-17H2,1-3H3,(H,26,33,34). The quantitative estimate of drug-likeness (QED) is 0.619. The fourth-order valence-electron chi connectivity index (χ4n) is 5.26. The SMILES string of the molecule is CCCCn1c(=O)[nH]c(=O)c2c1nc(CN1CCN(CC(=O)N3CCCCC3C)CC1)n2CC. The van der Waals surface area contributed by atoms with Crippen LogP contribution in [-0.2, 0) is 24.4 Å². The lowest BCUT2D eigenvalue weighted by Crippen LogP contribution is -2.52. The first-order chi connectivity index (χ1) is 16.4. The molecule has 0 radical (unpaired) electrons. The van der Waals surface area contributed by atoms with E-state index in [9.17, 15) is 14.4 Å². The number of aryl methyl sites for hydroxylation is 2. The summed E-state index contributed by atoms with van der Waals surface area (Å²) in [6, 6.07) is 0.349. The number of aromatic nitrogens is 4. The van der Waals surface area contributed by atoms with Crippen molar-refractivity contribution in [3.8, 4) is 0 Å². The van der Waals surface area contributed by atoms with Crippen molar-refractivity contribution in [2.45, 2.75) is 78.6 Å². The van der Waals surface area contributed by atoms with Crippen LogP contribution in [0.15, 0.2) is 9.59 Å². The van der Waals surface area contributed by atoms with Gasteiger partial charge in [-0.25, -0.2) is 9.78 Å². The van der Waals surface area contributed by atoms with Crippen LogP contribution >= 0.6 is 0 Å². The van der Waals surface area contributed by atoms with Crippen LogP contribution < -0.4 is 11.2 Å². The van der Waals surface area contributed by atoms with E-state index in [-0.39, 0.29) is 17.2 Å². The van der Waals surface area contributed by atoms with E-state index in [4.69, 9.17) is 4.98 Å². The minimum atomic E-state index is -0.389. The lowest BCUT2D eigenvalue weighted by molar-refractivity contribution is -0.136. The molecule has 188 valence electrons. The summed E-state index contributed by atoms with van der Waals surface area (Å²) in [6.07, 6.45) is 5.24. The molecular weight excluding hydrogens is 434 g/mol. The highest BCUT2D eigenvalue weighted by molar-refractivity contribution is 5.78. The summed E-state index contributed by atoms with van der Waals surface area (Å²) in [7, 11) is 0. The highest BCUT2D eigenvalue weighted by Crippen LogP contribution is 2.18. The van der Waals surface area contributed by atoms with Gasteiger partial charge in [-0.15, -0.1) is 0 Å². The molecule has 0 saturated carbocycles. The van der Waals surface area contributed by atoms with E-state index in [0.717, 1.165) is 64.2 Å². The Morgan fingerprint density at radius 1 is 1.03 bits per heavy atom. The second-order valence-corrected chi connectivity index (χ2v) is 9.69. The van der Waals surface area contributed by atoms with Crippen molar-refractivity contribution >= 4 is 17.1 Å². The zero-order chi connectivity index (χ0) is 24.2. The van der Waals surface area contributed by atoms with Crippen molar-refractivity contribution in [2.24, 2.45) is 0 Å². The maximum atomic E-state index is 12.8. The summed E-state index contributed by atoms with van der Waals surface area (Å²) in [5.74, 6) is 1.06. The van der Waals surface area contributed by atoms with Gasteiger partial charge in [-0.05, 0) is 39.5 Å². The lowest BCUT2D eigenvalue weighted by Gasteiger charge is -2.38. The van der Waals surface area contributed by atoms with E-state index in [2.05, 4.69) is 33.5 Å². The number of hydrogen-bond acceptors (Lipinski definition) is 6. The highest BCUT2D eigenvalue weighted by Gasteiger charge is 2.27. The lowest BCUT2D eigenvalue weighted by atomic mass is 10.0. The fraction of sp³-hybridized carbons (Fsp3) is 0.750. The van der Waals surface area contributed by atoms with Gasteiger partial charge in [-0.3, -0.25) is 28.9 Å². The highest BCUT2D eigenvalue weighted by atomic mass is 16.2. The summed E-state index contributed by atoms with van der Waals surface area (Å²) in [6.45, 7) is 12.7. The Morgan fingerprint density at radius 2 is 1.76 bits per heavy atom. The summed E-state index contributed by atoms with van der Waals surface area (Å²) in [5.41, 5.74) is 0.204. The van der Waals surface area contributed by atoms with Crippen LogP contribution in [0, 0.1) is 0 Å². The van der Waals surface area contributed by atoms with E-state index in [1.165, 1.54) is 6.42 Å². The molecule has 2 saturated heterocycles. The number of rotatable bonds is 8. The Bertz CT molecular complexity index is 1110. The maximum absolute atomic E-state index is 12.8. The molecule has 1 amide bonds. The molecule has 2 aromatic rings. The number of H-pyrrole nitrogens is 1. The molecule has 2 fully saturated rings. The second-order valence-electron chi connectivity index (χ2n) is 9.69. The third-order valence-electron chi connectivity index (χ3n) is 7.33. The molecule has 10 nitrogen and oxygen atoms in total. The van der Waals surface area contributed by atoms with E-state index < -0.39 is 0 Å². The molecule has 0 spiro atoms. The molecule has 0 aliphatic carbocycles. The number of amides is 1. The van der Waals surface area contributed by atoms with Gasteiger partial charge in [-0.2, -0.15) is 0 Å². The van der Waals surface area contributed by atoms with Crippen LogP contribution in [0.4, 0.5) is 0 Å². The van der Waals surface area contributed by atoms with Crippen molar-refractivity contribution in [3.05, 3.63) is 26.7 Å². The van der Waals surface area contributed by atoms with Gasteiger partial charge in [0.05, 0.1) is 13.1 Å². The largest absolute Gasteiger partial charge is 0.339 e. The van der Waals surface area contributed by atoms with Gasteiger partial charge in [0.2, 0.25) is 5.91 Å². The number of aromatic amines is 1. The molecule has 34 heavy (non-hydrogen) atoms. The number of carbonyl (C=O) groups is 1. The van der Waals surface area contributed by atoms with Crippen LogP contribution in [0.25, 0.3) is 11.2 Å². The Balaban J connectivity index is 1.43. The molecule has 0 aromatic carbocycles. The van der Waals surface area contributed by atoms with Gasteiger partial charge in [0.25, 0.3) is 5.56 Å². The first-order valence-corrected chi connectivity index (χ1v) is 12.9. The van der Waals surface area contributed by atoms with Gasteiger partial charge in [0.1, 0.15) is 5.82 Å². The van der Waals surface area contributed by atoms with Crippen LogP contribution in [0.5, 0.6) is 0 Å². The molecule has 1 N–H and O–H groups in total. The maximum Gasteiger partial charge on any atom is 0.330 e. The number of likely N-dealkylation sites (tertiary alicyclic amines) is 1. The van der Waals surface area contributed by atoms with Gasteiger partial charge in [0, 0.05) is 51.9 Å². The van der Waals surface area contributed by atoms with Crippen molar-refractivity contribution in [1.29, 1.82) is 0 Å². The molecule has 2 aromatic heterocycles. The minimum Gasteiger partial charge on any atom is -0.339 e. The predicted octanol–water partition coefficient (Wildman–Crippen LogP) is 1.22. The molecule has 2 aliphatic heterocycles. The minimum absolute atomic E-state index is 0.248. The number of nitrogens with zero attached hydrogens (tertiary/aromatic N) is 6. The van der Waals surface area contributed by atoms with Gasteiger partial charge < -0.3 is 9.47 Å². The Hall–Kier alpha value is -2.46. The zero-order valence-corrected chi connectivity index (χ0v) is 20.9. The van der Waals surface area contributed by atoms with Crippen LogP contribution in [0.2, 0.25) is 0 Å². The van der Waals surface area contributed by atoms with E-state index in [0.29, 0.717) is 43.4 Å². The smallest absolute Gasteiger partial charge is 0.330 e. The molecule has 1 unspecified atom stereocenters. The summed E-state index contributed by atoms with van der Waals surface area (Å²) >= 11 is 0. The van der Waals surface area contributed by atoms with Crippen LogP contribution in [-0.4, -0.2) is 85.0 Å². The van der Waals surface area contributed by atoms with Crippen molar-refractivity contribution in [1.82, 2.24) is 33.8 Å². The van der Waals surface area contributed by atoms with Crippen molar-refractivity contribution in [2.75, 3.05) is 39.3 Å². The average Bonchev–Trinajstić information content (AvgIpc) is 3.18. The molecule has 10 heteroatoms. The normalized spacial score (nSPS) is 20.3. The summed E-state index contributed by atoms with van der Waals surface area (Å²) in [5, 5.41) is 0. The number of hydrogen-bond donors (Lipinski definition) is 1. The van der Waals surface area contributed by atoms with Gasteiger partial charge >= 0.3 is 5.69 Å². The fourth-order valence-corrected chi connectivity index (χ4v) is 5.26. The number of fused-ring (bicyclic) bond motifs is 1. The third kappa shape index (κ3) is 5.12. The number of carbonyl (C=O) groups excluding carboxylic acids is 1. The van der Waals surface area contributed by atoms with Crippen LogP contribution in [0.3, 0.4) is 0 Å². The monoisotopic (exact) mass is 473 g/mol. The molecule has 1 atom stereocenters. The molecular formula is C24H39N7O3. The summed E-state index contributed by atoms with van der Waals surface area (Å²) in [4.78, 5) is 51.7. The number of nitrogens with one attached hydrogen (secondary N) is 1. The van der Waals surface area contributed by atoms with Crippen molar-refractivity contribution < 1.29 is 4.79 Å². The average molecular weight is 474 g/mol. The Morgan fingerprint density at radius 3 is 2.44 bits per heavy atom. The Kier molecular flexibility index (Phi) is 7.88. The molecule has 2 aliphatic rings. The van der Waals surface area contributed by atoms with E-state index in [1.807, 2.05) is 11.5 Å². The topological polar surface area (TPSA) is 99.5 Å². The van der Waals surface area contributed by atoms with E-state index >= 15 is 0 Å². The number of imidazole rings is 1. The third-order valence-corrected chi connectivity index (χ3v) is 7.33. The second kappa shape index (κ2) is 10.9. The summed E-state index contributed by atoms with van der Waals surface area (Å²) < 4.78 is 3.53. The number of piperazine rings is 1. The van der Waals surface area contributed by atoms with Gasteiger partial charge in [-0.1, -0.05) is 13.3 Å². The van der Waals surface area contributed by atoms with E-state index in [1.54, 1.807) is 4.57 Å². The van der Waals surface area contributed by atoms with Crippen molar-refractivity contribution in [3.63, 3.8) is 0 Å². The van der Waals surface area contributed by atoms with Gasteiger partial charge in [0.15, 0.2) is 11.2 Å². The number of piperidine rings is 1. The Labute approximate surface area is 200 Å². The number of unbranched alkanes of at least 4 members (excludes halogenated alkanes) is 1. The predicted molar refractivity (Wildman–Crippen MR) is 132 cm³/mol. The zero-order valence-electron chi connectivity index (χ0n) is 20.9. The first-order valence-electron chi connectivity index (χ1n) is 12.9. The van der Waals surface area contributed by atoms with Crippen LogP contribution in [0.1, 0.15) is 58.7 Å².